The van der Waals surface area contributed by atoms with Gasteiger partial charge in [0.05, 0.1) is 31.1 Å². The van der Waals surface area contributed by atoms with E-state index in [-0.39, 0.29) is 49.1 Å². The minimum atomic E-state index is -0.621. The van der Waals surface area contributed by atoms with Crippen molar-refractivity contribution >= 4 is 52.8 Å². The molecule has 3 amide bonds. The van der Waals surface area contributed by atoms with Crippen LogP contribution in [0.2, 0.25) is 0 Å². The fourth-order valence-corrected chi connectivity index (χ4v) is 5.61. The first kappa shape index (κ1) is 46.4. The van der Waals surface area contributed by atoms with Gasteiger partial charge in [0.2, 0.25) is 0 Å². The third kappa shape index (κ3) is 15.1. The van der Waals surface area contributed by atoms with Gasteiger partial charge in [-0.15, -0.1) is 0 Å². The second-order valence-electron chi connectivity index (χ2n) is 14.7. The summed E-state index contributed by atoms with van der Waals surface area (Å²) in [7, 11) is 2.74. The molecule has 0 aliphatic carbocycles. The lowest BCUT2D eigenvalue weighted by molar-refractivity contribution is -0.154. The van der Waals surface area contributed by atoms with Crippen molar-refractivity contribution in [2.45, 2.75) is 105 Å². The molecule has 3 unspecified atom stereocenters. The number of carbonyl (C=O) groups is 5. The van der Waals surface area contributed by atoms with Gasteiger partial charge in [0.25, 0.3) is 0 Å². The fourth-order valence-electron chi connectivity index (χ4n) is 5.61. The molecule has 4 aliphatic rings. The monoisotopic (exact) mass is 814 g/mol. The molecule has 15 heteroatoms. The summed E-state index contributed by atoms with van der Waals surface area (Å²) in [6.45, 7) is 19.9. The number of hydrogen-bond acceptors (Lipinski definition) is 11. The maximum absolute atomic E-state index is 12.0. The number of nitrogens with zero attached hydrogens (tertiary/aromatic N) is 3. The first-order chi connectivity index (χ1) is 22.2. The van der Waals surface area contributed by atoms with E-state index in [0.29, 0.717) is 32.8 Å². The number of cyclic esters (lactones) is 1. The van der Waals surface area contributed by atoms with Crippen molar-refractivity contribution in [3.63, 3.8) is 0 Å². The Hall–Kier alpha value is -2.56. The van der Waals surface area contributed by atoms with Gasteiger partial charge in [-0.3, -0.25) is 14.5 Å². The van der Waals surface area contributed by atoms with Gasteiger partial charge in [0.1, 0.15) is 17.8 Å². The zero-order chi connectivity index (χ0) is 36.9. The highest BCUT2D eigenvalue weighted by Crippen LogP contribution is 2.31. The molecule has 0 aromatic carbocycles. The van der Waals surface area contributed by atoms with Crippen LogP contribution in [-0.2, 0) is 33.3 Å². The Balaban J connectivity index is 0.000000696. The molecule has 0 aromatic rings. The molecule has 0 saturated carbocycles. The molecule has 286 valence electrons. The van der Waals surface area contributed by atoms with Gasteiger partial charge in [0, 0.05) is 45.8 Å². The number of esters is 2. The number of rotatable bonds is 2. The van der Waals surface area contributed by atoms with E-state index in [0.717, 1.165) is 45.3 Å². The number of halogens is 1. The molecule has 4 rings (SSSR count). The molecule has 0 bridgehead atoms. The standard InChI is InChI=1S/C13H23NO4.C12H21NO4.C7H12N2O2.CH3I.CH4/c1-12(2,3)18-11(16)14-8-6-7-13(4,9-14)10(15)17-5;1-12(2,3)17-11(15)13-7-5-6-9(8-13)10(14)16-4;1-7-4-8-2-3-9(7)6(10)11-5-7;1-2;/h6-9H2,1-5H3;9H,5-8H2,1-4H3;8H,2-5H2,1H3;1H3;1H4. The summed E-state index contributed by atoms with van der Waals surface area (Å²) in [4.78, 5) is 65.0. The van der Waals surface area contributed by atoms with E-state index in [1.165, 1.54) is 14.2 Å². The van der Waals surface area contributed by atoms with Crippen molar-refractivity contribution in [3.8, 4) is 0 Å². The third-order valence-corrected chi connectivity index (χ3v) is 8.03. The number of methoxy groups -OCH3 is 2. The summed E-state index contributed by atoms with van der Waals surface area (Å²) < 4.78 is 25.0. The minimum absolute atomic E-state index is 0. The average Bonchev–Trinajstić information content (AvgIpc) is 3.34. The lowest BCUT2D eigenvalue weighted by Crippen LogP contribution is -2.58. The highest BCUT2D eigenvalue weighted by Gasteiger charge is 2.45. The van der Waals surface area contributed by atoms with Crippen LogP contribution in [-0.4, -0.2) is 133 Å². The molecular formula is C34H63IN4O10. The number of hydrogen-bond donors (Lipinski definition) is 1. The molecular weight excluding hydrogens is 751 g/mol. The Bertz CT molecular complexity index is 1100. The Kier molecular flexibility index (Phi) is 19.3. The van der Waals surface area contributed by atoms with Crippen LogP contribution >= 0.6 is 22.6 Å². The third-order valence-electron chi connectivity index (χ3n) is 8.03. The quantitative estimate of drug-likeness (QED) is 0.163. The summed E-state index contributed by atoms with van der Waals surface area (Å²) in [6, 6.07) is 0. The molecule has 4 aliphatic heterocycles. The summed E-state index contributed by atoms with van der Waals surface area (Å²) in [5.74, 6) is -0.740. The van der Waals surface area contributed by atoms with Gasteiger partial charge >= 0.3 is 30.2 Å². The van der Waals surface area contributed by atoms with Gasteiger partial charge < -0.3 is 38.8 Å². The topological polar surface area (TPSA) is 153 Å². The Morgan fingerprint density at radius 2 is 1.43 bits per heavy atom. The van der Waals surface area contributed by atoms with Crippen LogP contribution in [0.25, 0.3) is 0 Å². The number of piperidine rings is 2. The number of piperazine rings is 1. The van der Waals surface area contributed by atoms with Crippen molar-refractivity contribution in [2.75, 3.05) is 71.6 Å². The van der Waals surface area contributed by atoms with Gasteiger partial charge in [-0.05, 0) is 86.0 Å². The van der Waals surface area contributed by atoms with Crippen molar-refractivity contribution in [2.24, 2.45) is 11.3 Å². The van der Waals surface area contributed by atoms with Crippen LogP contribution in [0.5, 0.6) is 0 Å². The van der Waals surface area contributed by atoms with E-state index in [4.69, 9.17) is 23.7 Å². The molecule has 4 fully saturated rings. The van der Waals surface area contributed by atoms with Crippen LogP contribution < -0.4 is 5.32 Å². The summed E-state index contributed by atoms with van der Waals surface area (Å²) in [6.07, 6.45) is 2.21. The zero-order valence-electron chi connectivity index (χ0n) is 30.9. The molecule has 4 saturated heterocycles. The highest BCUT2D eigenvalue weighted by molar-refractivity contribution is 14.1. The van der Waals surface area contributed by atoms with Gasteiger partial charge in [-0.1, -0.05) is 30.0 Å². The van der Waals surface area contributed by atoms with Crippen molar-refractivity contribution in [1.82, 2.24) is 20.0 Å². The van der Waals surface area contributed by atoms with Crippen LogP contribution in [0.1, 0.15) is 88.5 Å². The van der Waals surface area contributed by atoms with Crippen LogP contribution in [0, 0.1) is 11.3 Å². The van der Waals surface area contributed by atoms with Crippen molar-refractivity contribution < 1.29 is 47.7 Å². The smallest absolute Gasteiger partial charge is 0.410 e. The number of amides is 3. The predicted molar refractivity (Wildman–Crippen MR) is 196 cm³/mol. The number of ether oxygens (including phenoxy) is 5. The number of nitrogens with one attached hydrogen (secondary N) is 1. The summed E-state index contributed by atoms with van der Waals surface area (Å²) >= 11 is 2.15. The highest BCUT2D eigenvalue weighted by atomic mass is 127. The lowest BCUT2D eigenvalue weighted by Gasteiger charge is -2.38. The van der Waals surface area contributed by atoms with Crippen molar-refractivity contribution in [3.05, 3.63) is 0 Å². The molecule has 0 spiro atoms. The summed E-state index contributed by atoms with van der Waals surface area (Å²) in [5, 5.41) is 3.24. The first-order valence-electron chi connectivity index (χ1n) is 16.4. The molecule has 3 atom stereocenters. The van der Waals surface area contributed by atoms with Gasteiger partial charge in [-0.25, -0.2) is 14.4 Å². The summed E-state index contributed by atoms with van der Waals surface area (Å²) in [5.41, 5.74) is -1.73. The van der Waals surface area contributed by atoms with E-state index in [1.807, 2.05) is 65.2 Å². The molecule has 0 radical (unpaired) electrons. The fraction of sp³-hybridized carbons (Fsp3) is 0.853. The van der Waals surface area contributed by atoms with Crippen LogP contribution in [0.4, 0.5) is 14.4 Å². The first-order valence-corrected chi connectivity index (χ1v) is 18.5. The molecule has 14 nitrogen and oxygen atoms in total. The van der Waals surface area contributed by atoms with E-state index < -0.39 is 16.6 Å². The molecule has 1 N–H and O–H groups in total. The maximum Gasteiger partial charge on any atom is 0.410 e. The number of fused-ring (bicyclic) bond motifs is 1. The van der Waals surface area contributed by atoms with E-state index >= 15 is 0 Å². The number of carbonyl (C=O) groups excluding carboxylic acids is 5. The molecule has 49 heavy (non-hydrogen) atoms. The molecule has 4 heterocycles. The SMILES string of the molecule is C.CC12CNCCN1C(=O)OC2.CI.COC(=O)C1(C)CCCN(C(=O)OC(C)(C)C)C1.COC(=O)C1CCCN(C(=O)OC(C)(C)C)C1. The Morgan fingerprint density at radius 3 is 1.94 bits per heavy atom. The van der Waals surface area contributed by atoms with E-state index in [9.17, 15) is 24.0 Å². The van der Waals surface area contributed by atoms with Crippen LogP contribution in [0.15, 0.2) is 0 Å². The predicted octanol–water partition coefficient (Wildman–Crippen LogP) is 5.49. The Labute approximate surface area is 307 Å². The van der Waals surface area contributed by atoms with Crippen molar-refractivity contribution in [1.29, 1.82) is 0 Å². The maximum atomic E-state index is 12.0. The molecule has 0 aromatic heterocycles. The van der Waals surface area contributed by atoms with E-state index in [2.05, 4.69) is 27.9 Å². The zero-order valence-corrected chi connectivity index (χ0v) is 33.0. The minimum Gasteiger partial charge on any atom is -0.469 e. The average molecular weight is 815 g/mol. The number of alkyl halides is 1. The second kappa shape index (κ2) is 20.3. The van der Waals surface area contributed by atoms with Gasteiger partial charge in [0.15, 0.2) is 0 Å². The number of likely N-dealkylation sites (tertiary alicyclic amines) is 2. The normalized spacial score (nSPS) is 24.7. The Morgan fingerprint density at radius 1 is 0.878 bits per heavy atom. The second-order valence-corrected chi connectivity index (χ2v) is 14.7. The largest absolute Gasteiger partial charge is 0.469 e. The van der Waals surface area contributed by atoms with Crippen LogP contribution in [0.3, 0.4) is 0 Å². The lowest BCUT2D eigenvalue weighted by atomic mass is 9.82. The van der Waals surface area contributed by atoms with Gasteiger partial charge in [-0.2, -0.15) is 0 Å². The van der Waals surface area contributed by atoms with E-state index in [1.54, 1.807) is 9.80 Å².